The predicted octanol–water partition coefficient (Wildman–Crippen LogP) is 5.07. The Balaban J connectivity index is 1.64. The monoisotopic (exact) mass is 445 g/mol. The number of furan rings is 1. The number of ether oxygens (including phenoxy) is 1. The van der Waals surface area contributed by atoms with Crippen LogP contribution in [0.25, 0.3) is 10.9 Å². The summed E-state index contributed by atoms with van der Waals surface area (Å²) in [5, 5.41) is 4.07. The minimum Gasteiger partial charge on any atom is -0.434 e. The van der Waals surface area contributed by atoms with E-state index in [9.17, 15) is 9.59 Å². The third kappa shape index (κ3) is 4.62. The maximum absolute atomic E-state index is 13.7. The summed E-state index contributed by atoms with van der Waals surface area (Å²) >= 11 is 0. The Bertz CT molecular complexity index is 1230. The normalized spacial score (nSPS) is 13.8. The van der Waals surface area contributed by atoms with Crippen LogP contribution in [0.15, 0.2) is 83.6 Å². The van der Waals surface area contributed by atoms with E-state index in [1.165, 1.54) is 11.2 Å². The van der Waals surface area contributed by atoms with Crippen LogP contribution in [0.5, 0.6) is 5.95 Å². The summed E-state index contributed by atoms with van der Waals surface area (Å²) in [6.07, 6.45) is 2.90. The van der Waals surface area contributed by atoms with Gasteiger partial charge in [-0.15, -0.1) is 0 Å². The number of amides is 2. The van der Waals surface area contributed by atoms with E-state index in [0.29, 0.717) is 0 Å². The number of rotatable bonds is 7. The van der Waals surface area contributed by atoms with Crippen molar-refractivity contribution in [3.8, 4) is 5.95 Å². The molecule has 0 bridgehead atoms. The molecule has 4 rings (SSSR count). The molecule has 2 aromatic heterocycles. The van der Waals surface area contributed by atoms with Crippen molar-refractivity contribution in [2.45, 2.75) is 31.8 Å². The number of aromatic nitrogens is 1. The molecule has 0 saturated heterocycles. The van der Waals surface area contributed by atoms with Crippen LogP contribution in [-0.4, -0.2) is 34.5 Å². The van der Waals surface area contributed by atoms with Crippen molar-refractivity contribution in [2.24, 2.45) is 0 Å². The van der Waals surface area contributed by atoms with Crippen molar-refractivity contribution < 1.29 is 18.7 Å². The molecule has 2 aromatic carbocycles. The smallest absolute Gasteiger partial charge is 0.418 e. The third-order valence-electron chi connectivity index (χ3n) is 6.04. The molecule has 0 aliphatic carbocycles. The lowest BCUT2D eigenvalue weighted by molar-refractivity contribution is -0.131. The molecule has 0 saturated carbocycles. The van der Waals surface area contributed by atoms with E-state index in [-0.39, 0.29) is 24.3 Å². The average molecular weight is 446 g/mol. The highest BCUT2D eigenvalue weighted by Gasteiger charge is 2.42. The summed E-state index contributed by atoms with van der Waals surface area (Å²) in [6, 6.07) is 20.5. The molecule has 2 atom stereocenters. The van der Waals surface area contributed by atoms with Gasteiger partial charge in [0.1, 0.15) is 5.54 Å². The van der Waals surface area contributed by atoms with E-state index in [1.54, 1.807) is 26.1 Å². The van der Waals surface area contributed by atoms with Gasteiger partial charge in [0.05, 0.1) is 12.3 Å². The highest BCUT2D eigenvalue weighted by molar-refractivity contribution is 5.92. The van der Waals surface area contributed by atoms with Crippen molar-refractivity contribution in [1.29, 1.82) is 0 Å². The number of aromatic amines is 1. The summed E-state index contributed by atoms with van der Waals surface area (Å²) < 4.78 is 10.5. The lowest BCUT2D eigenvalue weighted by atomic mass is 9.89. The Kier molecular flexibility index (Phi) is 6.22. The number of hydrogen-bond donors (Lipinski definition) is 2. The third-order valence-corrected chi connectivity index (χ3v) is 6.04. The van der Waals surface area contributed by atoms with Gasteiger partial charge in [0.25, 0.3) is 5.95 Å². The molecule has 0 aliphatic heterocycles. The minimum absolute atomic E-state index is 0.0688. The Hall–Kier alpha value is -4.00. The number of para-hydroxylation sites is 1. The molecule has 0 fully saturated rings. The molecule has 0 radical (unpaired) electrons. The molecular weight excluding hydrogens is 418 g/mol. The number of H-pyrrole nitrogens is 1. The topological polar surface area (TPSA) is 87.6 Å². The Labute approximate surface area is 192 Å². The molecule has 0 unspecified atom stereocenters. The standard InChI is InChI=1S/C26H27N3O4/c1-18(19-10-5-4-6-11-19)28-24(30)26(2,29(3)25(31)33-23-14-9-15-32-23)16-20-17-27-22-13-8-7-12-21(20)22/h4-15,17-18,27H,16H2,1-3H3,(H,28,30)/t18-,26+/m0/s1. The van der Waals surface area contributed by atoms with Gasteiger partial charge < -0.3 is 19.5 Å². The van der Waals surface area contributed by atoms with Gasteiger partial charge in [-0.2, -0.15) is 0 Å². The average Bonchev–Trinajstić information content (AvgIpc) is 3.49. The van der Waals surface area contributed by atoms with Crippen LogP contribution >= 0.6 is 0 Å². The number of nitrogens with one attached hydrogen (secondary N) is 2. The predicted molar refractivity (Wildman–Crippen MR) is 126 cm³/mol. The van der Waals surface area contributed by atoms with Gasteiger partial charge in [-0.3, -0.25) is 9.69 Å². The van der Waals surface area contributed by atoms with Crippen molar-refractivity contribution >= 4 is 22.9 Å². The quantitative estimate of drug-likeness (QED) is 0.416. The van der Waals surface area contributed by atoms with Crippen LogP contribution in [0, 0.1) is 0 Å². The van der Waals surface area contributed by atoms with Crippen molar-refractivity contribution in [2.75, 3.05) is 7.05 Å². The van der Waals surface area contributed by atoms with Crippen LogP contribution < -0.4 is 10.1 Å². The van der Waals surface area contributed by atoms with Gasteiger partial charge in [0.15, 0.2) is 0 Å². The number of nitrogens with zero attached hydrogens (tertiary/aromatic N) is 1. The number of benzene rings is 2. The van der Waals surface area contributed by atoms with Gasteiger partial charge >= 0.3 is 6.09 Å². The molecular formula is C26H27N3O4. The summed E-state index contributed by atoms with van der Waals surface area (Å²) in [5.74, 6) is -0.220. The molecule has 0 aliphatic rings. The van der Waals surface area contributed by atoms with E-state index in [2.05, 4.69) is 10.3 Å². The van der Waals surface area contributed by atoms with E-state index < -0.39 is 11.6 Å². The lowest BCUT2D eigenvalue weighted by Gasteiger charge is -2.37. The SMILES string of the molecule is C[C@H](NC(=O)[C@@](C)(Cc1c[nH]c2ccccc12)N(C)C(=O)Oc1ccco1)c1ccccc1. The van der Waals surface area contributed by atoms with Gasteiger partial charge in [-0.05, 0) is 37.1 Å². The number of carbonyl (C=O) groups excluding carboxylic acids is 2. The summed E-state index contributed by atoms with van der Waals surface area (Å²) in [7, 11) is 1.56. The van der Waals surface area contributed by atoms with Crippen molar-refractivity contribution in [3.05, 3.63) is 90.3 Å². The zero-order valence-corrected chi connectivity index (χ0v) is 18.9. The molecule has 33 heavy (non-hydrogen) atoms. The van der Waals surface area contributed by atoms with Crippen LogP contribution in [0.3, 0.4) is 0 Å². The van der Waals surface area contributed by atoms with Crippen LogP contribution in [0.4, 0.5) is 4.79 Å². The van der Waals surface area contributed by atoms with Crippen LogP contribution in [-0.2, 0) is 11.2 Å². The molecule has 7 heteroatoms. The highest BCUT2D eigenvalue weighted by Crippen LogP contribution is 2.28. The number of hydrogen-bond acceptors (Lipinski definition) is 4. The first-order valence-corrected chi connectivity index (χ1v) is 10.8. The molecule has 2 N–H and O–H groups in total. The Morgan fingerprint density at radius 2 is 1.82 bits per heavy atom. The zero-order valence-electron chi connectivity index (χ0n) is 18.9. The maximum atomic E-state index is 13.7. The van der Waals surface area contributed by atoms with E-state index in [4.69, 9.17) is 9.15 Å². The summed E-state index contributed by atoms with van der Waals surface area (Å²) in [6.45, 7) is 3.66. The Morgan fingerprint density at radius 3 is 2.55 bits per heavy atom. The van der Waals surface area contributed by atoms with Crippen molar-refractivity contribution in [3.63, 3.8) is 0 Å². The molecule has 170 valence electrons. The first-order valence-electron chi connectivity index (χ1n) is 10.8. The number of likely N-dealkylation sites (N-methyl/N-ethyl adjacent to an activating group) is 1. The first kappa shape index (κ1) is 22.2. The lowest BCUT2D eigenvalue weighted by Crippen LogP contribution is -2.59. The zero-order chi connectivity index (χ0) is 23.4. The fourth-order valence-corrected chi connectivity index (χ4v) is 3.85. The molecule has 2 heterocycles. The summed E-state index contributed by atoms with van der Waals surface area (Å²) in [5.41, 5.74) is 1.63. The fraction of sp³-hybridized carbons (Fsp3) is 0.231. The van der Waals surface area contributed by atoms with Crippen LogP contribution in [0.1, 0.15) is 31.0 Å². The van der Waals surface area contributed by atoms with Gasteiger partial charge in [0, 0.05) is 36.6 Å². The highest BCUT2D eigenvalue weighted by atomic mass is 16.6. The second kappa shape index (κ2) is 9.24. The number of fused-ring (bicyclic) bond motifs is 1. The van der Waals surface area contributed by atoms with Crippen molar-refractivity contribution in [1.82, 2.24) is 15.2 Å². The largest absolute Gasteiger partial charge is 0.434 e. The first-order chi connectivity index (χ1) is 15.9. The Morgan fingerprint density at radius 1 is 1.09 bits per heavy atom. The molecule has 0 spiro atoms. The molecule has 7 nitrogen and oxygen atoms in total. The summed E-state index contributed by atoms with van der Waals surface area (Å²) in [4.78, 5) is 31.2. The van der Waals surface area contributed by atoms with Gasteiger partial charge in [0.2, 0.25) is 5.91 Å². The van der Waals surface area contributed by atoms with Crippen LogP contribution in [0.2, 0.25) is 0 Å². The maximum Gasteiger partial charge on any atom is 0.418 e. The van der Waals surface area contributed by atoms with Gasteiger partial charge in [-0.25, -0.2) is 4.79 Å². The fourth-order valence-electron chi connectivity index (χ4n) is 3.85. The van der Waals surface area contributed by atoms with Gasteiger partial charge in [-0.1, -0.05) is 48.5 Å². The van der Waals surface area contributed by atoms with E-state index >= 15 is 0 Å². The number of carbonyl (C=O) groups is 2. The van der Waals surface area contributed by atoms with E-state index in [1.807, 2.05) is 67.7 Å². The molecule has 4 aromatic rings. The second-order valence-electron chi connectivity index (χ2n) is 8.28. The van der Waals surface area contributed by atoms with E-state index in [0.717, 1.165) is 22.0 Å². The second-order valence-corrected chi connectivity index (χ2v) is 8.28. The minimum atomic E-state index is -1.24. The molecule has 2 amide bonds.